The van der Waals surface area contributed by atoms with Gasteiger partial charge in [0.15, 0.2) is 0 Å². The molecule has 0 saturated heterocycles. The number of nitrogens with zero attached hydrogens (tertiary/aromatic N) is 1. The van der Waals surface area contributed by atoms with Crippen molar-refractivity contribution < 1.29 is 9.32 Å². The molecule has 0 aliphatic heterocycles. The molecular weight excluding hydrogens is 194 g/mol. The van der Waals surface area contributed by atoms with E-state index in [0.29, 0.717) is 19.0 Å². The Balaban J connectivity index is 1.55. The summed E-state index contributed by atoms with van der Waals surface area (Å²) < 4.78 is 4.65. The Bertz CT molecular complexity index is 306. The maximum Gasteiger partial charge on any atom is 0.221 e. The van der Waals surface area contributed by atoms with Crippen molar-refractivity contribution in [2.45, 2.75) is 31.8 Å². The first-order valence-electron chi connectivity index (χ1n) is 5.24. The normalized spacial score (nSPS) is 15.2. The Morgan fingerprint density at radius 2 is 2.47 bits per heavy atom. The molecule has 1 saturated carbocycles. The number of amides is 1. The lowest BCUT2D eigenvalue weighted by atomic mass is 10.3. The Labute approximate surface area is 88.2 Å². The summed E-state index contributed by atoms with van der Waals surface area (Å²) in [5.41, 5.74) is 0.749. The van der Waals surface area contributed by atoms with Gasteiger partial charge in [-0.05, 0) is 12.8 Å². The van der Waals surface area contributed by atoms with Gasteiger partial charge in [0.05, 0.1) is 6.54 Å². The van der Waals surface area contributed by atoms with Gasteiger partial charge in [-0.15, -0.1) is 0 Å². The quantitative estimate of drug-likeness (QED) is 0.713. The zero-order chi connectivity index (χ0) is 10.5. The first-order valence-corrected chi connectivity index (χ1v) is 5.24. The van der Waals surface area contributed by atoms with Gasteiger partial charge in [-0.25, -0.2) is 0 Å². The number of nitrogens with one attached hydrogen (secondary N) is 2. The van der Waals surface area contributed by atoms with Crippen LogP contribution in [0.3, 0.4) is 0 Å². The van der Waals surface area contributed by atoms with E-state index in [4.69, 9.17) is 0 Å². The van der Waals surface area contributed by atoms with Crippen LogP contribution in [0.25, 0.3) is 0 Å². The summed E-state index contributed by atoms with van der Waals surface area (Å²) in [6, 6.07) is 2.40. The second-order valence-electron chi connectivity index (χ2n) is 3.75. The van der Waals surface area contributed by atoms with Crippen LogP contribution in [0.4, 0.5) is 0 Å². The van der Waals surface area contributed by atoms with E-state index in [1.165, 1.54) is 19.1 Å². The maximum atomic E-state index is 11.3. The van der Waals surface area contributed by atoms with Crippen LogP contribution in [0.2, 0.25) is 0 Å². The molecular formula is C10H15N3O2. The summed E-state index contributed by atoms with van der Waals surface area (Å²) in [5.74, 6) is 0.0474. The first kappa shape index (κ1) is 10.2. The average molecular weight is 209 g/mol. The number of rotatable bonds is 6. The first-order chi connectivity index (χ1) is 7.34. The van der Waals surface area contributed by atoms with Gasteiger partial charge in [-0.2, -0.15) is 0 Å². The zero-order valence-electron chi connectivity index (χ0n) is 8.53. The molecule has 5 nitrogen and oxygen atoms in total. The topological polar surface area (TPSA) is 67.2 Å². The monoisotopic (exact) mass is 209 g/mol. The molecule has 2 N–H and O–H groups in total. The molecule has 0 aromatic carbocycles. The molecule has 1 aromatic rings. The molecule has 82 valence electrons. The molecule has 1 aliphatic carbocycles. The van der Waals surface area contributed by atoms with Crippen LogP contribution >= 0.6 is 0 Å². The standard InChI is InChI=1S/C10H15N3O2/c14-10(3-5-11-8-1-2-8)12-7-9-4-6-15-13-9/h4,6,8,11H,1-3,5,7H2,(H,12,14). The second-order valence-corrected chi connectivity index (χ2v) is 3.75. The molecule has 0 unspecified atom stereocenters. The molecule has 15 heavy (non-hydrogen) atoms. The molecule has 1 heterocycles. The van der Waals surface area contributed by atoms with Gasteiger partial charge in [0.1, 0.15) is 12.0 Å². The van der Waals surface area contributed by atoms with Crippen LogP contribution in [0.15, 0.2) is 16.9 Å². The third kappa shape index (κ3) is 3.71. The molecule has 1 aromatic heterocycles. The Morgan fingerprint density at radius 1 is 1.60 bits per heavy atom. The molecule has 2 rings (SSSR count). The van der Waals surface area contributed by atoms with E-state index in [0.717, 1.165) is 12.2 Å². The fourth-order valence-electron chi connectivity index (χ4n) is 1.28. The Kier molecular flexibility index (Phi) is 3.34. The van der Waals surface area contributed by atoms with Gasteiger partial charge < -0.3 is 15.2 Å². The van der Waals surface area contributed by atoms with Crippen LogP contribution in [0.1, 0.15) is 25.0 Å². The van der Waals surface area contributed by atoms with E-state index in [2.05, 4.69) is 20.3 Å². The van der Waals surface area contributed by atoms with Crippen molar-refractivity contribution in [3.8, 4) is 0 Å². The fraction of sp³-hybridized carbons (Fsp3) is 0.600. The number of aromatic nitrogens is 1. The summed E-state index contributed by atoms with van der Waals surface area (Å²) in [6.07, 6.45) is 4.52. The van der Waals surface area contributed by atoms with Crippen molar-refractivity contribution >= 4 is 5.91 Å². The Hall–Kier alpha value is -1.36. The van der Waals surface area contributed by atoms with Crippen LogP contribution in [0.5, 0.6) is 0 Å². The molecule has 0 spiro atoms. The van der Waals surface area contributed by atoms with E-state index in [1.807, 2.05) is 0 Å². The van der Waals surface area contributed by atoms with Crippen LogP contribution < -0.4 is 10.6 Å². The number of hydrogen-bond acceptors (Lipinski definition) is 4. The van der Waals surface area contributed by atoms with E-state index >= 15 is 0 Å². The van der Waals surface area contributed by atoms with Crippen molar-refractivity contribution in [1.82, 2.24) is 15.8 Å². The average Bonchev–Trinajstić information content (AvgIpc) is 2.91. The van der Waals surface area contributed by atoms with Crippen LogP contribution in [-0.2, 0) is 11.3 Å². The molecule has 0 atom stereocenters. The van der Waals surface area contributed by atoms with E-state index in [9.17, 15) is 4.79 Å². The highest BCUT2D eigenvalue weighted by atomic mass is 16.5. The summed E-state index contributed by atoms with van der Waals surface area (Å²) in [6.45, 7) is 1.20. The van der Waals surface area contributed by atoms with Crippen molar-refractivity contribution in [2.24, 2.45) is 0 Å². The van der Waals surface area contributed by atoms with Crippen LogP contribution in [0, 0.1) is 0 Å². The third-order valence-electron chi connectivity index (χ3n) is 2.32. The maximum absolute atomic E-state index is 11.3. The SMILES string of the molecule is O=C(CCNC1CC1)NCc1ccon1. The van der Waals surface area contributed by atoms with Gasteiger partial charge in [-0.3, -0.25) is 4.79 Å². The minimum absolute atomic E-state index is 0.0474. The van der Waals surface area contributed by atoms with Crippen molar-refractivity contribution in [3.05, 3.63) is 18.0 Å². The van der Waals surface area contributed by atoms with E-state index < -0.39 is 0 Å². The second kappa shape index (κ2) is 4.93. The smallest absolute Gasteiger partial charge is 0.221 e. The highest BCUT2D eigenvalue weighted by molar-refractivity contribution is 5.75. The Morgan fingerprint density at radius 3 is 3.13 bits per heavy atom. The lowest BCUT2D eigenvalue weighted by Crippen LogP contribution is -2.28. The number of carbonyl (C=O) groups is 1. The van der Waals surface area contributed by atoms with Gasteiger partial charge in [0.25, 0.3) is 0 Å². The minimum atomic E-state index is 0.0474. The number of carbonyl (C=O) groups excluding carboxylic acids is 1. The van der Waals surface area contributed by atoms with Crippen molar-refractivity contribution in [1.29, 1.82) is 0 Å². The highest BCUT2D eigenvalue weighted by Gasteiger charge is 2.19. The van der Waals surface area contributed by atoms with E-state index in [-0.39, 0.29) is 5.91 Å². The summed E-state index contributed by atoms with van der Waals surface area (Å²) in [5, 5.41) is 9.76. The lowest BCUT2D eigenvalue weighted by Gasteiger charge is -2.03. The summed E-state index contributed by atoms with van der Waals surface area (Å²) in [4.78, 5) is 11.3. The predicted molar refractivity (Wildman–Crippen MR) is 54.0 cm³/mol. The summed E-state index contributed by atoms with van der Waals surface area (Å²) >= 11 is 0. The molecule has 1 aliphatic rings. The summed E-state index contributed by atoms with van der Waals surface area (Å²) in [7, 11) is 0. The third-order valence-corrected chi connectivity index (χ3v) is 2.32. The molecule has 1 fully saturated rings. The number of hydrogen-bond donors (Lipinski definition) is 2. The zero-order valence-corrected chi connectivity index (χ0v) is 8.53. The largest absolute Gasteiger partial charge is 0.364 e. The van der Waals surface area contributed by atoms with Gasteiger partial charge in [0, 0.05) is 25.1 Å². The lowest BCUT2D eigenvalue weighted by molar-refractivity contribution is -0.121. The van der Waals surface area contributed by atoms with Crippen LogP contribution in [-0.4, -0.2) is 23.7 Å². The van der Waals surface area contributed by atoms with Crippen molar-refractivity contribution in [3.63, 3.8) is 0 Å². The van der Waals surface area contributed by atoms with Gasteiger partial charge in [-0.1, -0.05) is 5.16 Å². The predicted octanol–water partition coefficient (Wildman–Crippen LogP) is 0.433. The van der Waals surface area contributed by atoms with Gasteiger partial charge in [0.2, 0.25) is 5.91 Å². The molecule has 0 bridgehead atoms. The minimum Gasteiger partial charge on any atom is -0.364 e. The molecule has 1 amide bonds. The van der Waals surface area contributed by atoms with E-state index in [1.54, 1.807) is 6.07 Å². The fourth-order valence-corrected chi connectivity index (χ4v) is 1.28. The highest BCUT2D eigenvalue weighted by Crippen LogP contribution is 2.18. The van der Waals surface area contributed by atoms with Gasteiger partial charge >= 0.3 is 0 Å². The molecule has 5 heteroatoms. The van der Waals surface area contributed by atoms with Crippen molar-refractivity contribution in [2.75, 3.05) is 6.54 Å². The molecule has 0 radical (unpaired) electrons.